The summed E-state index contributed by atoms with van der Waals surface area (Å²) in [5.74, 6) is -0.348. The Hall–Kier alpha value is -3.28. The second-order valence-electron chi connectivity index (χ2n) is 6.06. The van der Waals surface area contributed by atoms with E-state index >= 15 is 0 Å². The summed E-state index contributed by atoms with van der Waals surface area (Å²) < 4.78 is 5.88. The van der Waals surface area contributed by atoms with Crippen molar-refractivity contribution in [2.45, 2.75) is 25.7 Å². The molecule has 0 bridgehead atoms. The first kappa shape index (κ1) is 17.5. The number of aryl methyl sites for hydroxylation is 1. The number of aliphatic carboxylic acids is 1. The van der Waals surface area contributed by atoms with Gasteiger partial charge in [0.15, 0.2) is 0 Å². The molecule has 0 atom stereocenters. The van der Waals surface area contributed by atoms with Crippen molar-refractivity contribution in [3.8, 4) is 22.6 Å². The lowest BCUT2D eigenvalue weighted by Crippen LogP contribution is -2.09. The lowest BCUT2D eigenvalue weighted by molar-refractivity contribution is -0.137. The number of hydrogen-bond acceptors (Lipinski definition) is 5. The van der Waals surface area contributed by atoms with Crippen LogP contribution in [0.25, 0.3) is 22.1 Å². The number of fused-ring (bicyclic) bond motifs is 1. The molecule has 134 valence electrons. The van der Waals surface area contributed by atoms with Gasteiger partial charge in [-0.2, -0.15) is 0 Å². The van der Waals surface area contributed by atoms with Crippen LogP contribution in [0.2, 0.25) is 0 Å². The Bertz CT molecular complexity index is 1000. The van der Waals surface area contributed by atoms with Gasteiger partial charge in [-0.05, 0) is 42.7 Å². The van der Waals surface area contributed by atoms with E-state index in [2.05, 4.69) is 0 Å². The molecule has 2 aromatic carbocycles. The van der Waals surface area contributed by atoms with Gasteiger partial charge in [-0.3, -0.25) is 9.59 Å². The van der Waals surface area contributed by atoms with Crippen LogP contribution < -0.4 is 5.43 Å². The van der Waals surface area contributed by atoms with Gasteiger partial charge in [0.05, 0.1) is 10.9 Å². The van der Waals surface area contributed by atoms with Gasteiger partial charge >= 0.3 is 5.97 Å². The Morgan fingerprint density at radius 2 is 1.65 bits per heavy atom. The van der Waals surface area contributed by atoms with Crippen molar-refractivity contribution in [1.29, 1.82) is 0 Å². The maximum atomic E-state index is 13.0. The molecule has 0 radical (unpaired) electrons. The fourth-order valence-corrected chi connectivity index (χ4v) is 2.89. The average Bonchev–Trinajstić information content (AvgIpc) is 2.59. The van der Waals surface area contributed by atoms with E-state index in [0.29, 0.717) is 41.5 Å². The number of rotatable bonds is 6. The Kier molecular flexibility index (Phi) is 4.93. The molecule has 0 amide bonds. The van der Waals surface area contributed by atoms with Gasteiger partial charge in [0.2, 0.25) is 5.43 Å². The van der Waals surface area contributed by atoms with Crippen LogP contribution in [0, 0.1) is 0 Å². The summed E-state index contributed by atoms with van der Waals surface area (Å²) in [6, 6.07) is 10.6. The van der Waals surface area contributed by atoms with E-state index < -0.39 is 5.97 Å². The summed E-state index contributed by atoms with van der Waals surface area (Å²) in [5, 5.41) is 28.2. The third-order valence-corrected chi connectivity index (χ3v) is 4.15. The highest BCUT2D eigenvalue weighted by Crippen LogP contribution is 2.28. The molecule has 0 saturated heterocycles. The van der Waals surface area contributed by atoms with Crippen molar-refractivity contribution in [2.24, 2.45) is 0 Å². The van der Waals surface area contributed by atoms with E-state index in [9.17, 15) is 19.8 Å². The van der Waals surface area contributed by atoms with Crippen molar-refractivity contribution < 1.29 is 24.5 Å². The number of phenols is 2. The van der Waals surface area contributed by atoms with Gasteiger partial charge in [0.1, 0.15) is 22.8 Å². The lowest BCUT2D eigenvalue weighted by atomic mass is 9.99. The molecule has 0 aliphatic heterocycles. The van der Waals surface area contributed by atoms with E-state index in [4.69, 9.17) is 9.52 Å². The molecular weight excluding hydrogens is 336 g/mol. The fourth-order valence-electron chi connectivity index (χ4n) is 2.89. The highest BCUT2D eigenvalue weighted by molar-refractivity contribution is 5.83. The molecule has 0 unspecified atom stereocenters. The Labute approximate surface area is 149 Å². The summed E-state index contributed by atoms with van der Waals surface area (Å²) in [7, 11) is 0. The third-order valence-electron chi connectivity index (χ3n) is 4.15. The molecule has 6 heteroatoms. The van der Waals surface area contributed by atoms with Gasteiger partial charge in [-0.1, -0.05) is 12.1 Å². The predicted octanol–water partition coefficient (Wildman–Crippen LogP) is 3.67. The third kappa shape index (κ3) is 3.69. The monoisotopic (exact) mass is 354 g/mol. The second-order valence-corrected chi connectivity index (χ2v) is 6.06. The highest BCUT2D eigenvalue weighted by Gasteiger charge is 2.16. The molecule has 1 heterocycles. The van der Waals surface area contributed by atoms with Crippen molar-refractivity contribution in [1.82, 2.24) is 0 Å². The normalized spacial score (nSPS) is 10.9. The Morgan fingerprint density at radius 3 is 2.35 bits per heavy atom. The minimum absolute atomic E-state index is 0.00476. The molecule has 0 aliphatic rings. The molecular formula is C20H18O6. The molecule has 0 saturated carbocycles. The zero-order valence-electron chi connectivity index (χ0n) is 13.9. The highest BCUT2D eigenvalue weighted by atomic mass is 16.4. The molecule has 26 heavy (non-hydrogen) atoms. The number of hydrogen-bond donors (Lipinski definition) is 3. The molecule has 1 aromatic heterocycles. The van der Waals surface area contributed by atoms with E-state index in [1.165, 1.54) is 30.3 Å². The van der Waals surface area contributed by atoms with Crippen LogP contribution in [-0.2, 0) is 11.2 Å². The maximum Gasteiger partial charge on any atom is 0.303 e. The van der Waals surface area contributed by atoms with E-state index in [-0.39, 0.29) is 28.9 Å². The lowest BCUT2D eigenvalue weighted by Gasteiger charge is -2.10. The molecule has 0 aliphatic carbocycles. The largest absolute Gasteiger partial charge is 0.508 e. The van der Waals surface area contributed by atoms with Crippen LogP contribution in [0.5, 0.6) is 11.5 Å². The number of aromatic hydroxyl groups is 2. The summed E-state index contributed by atoms with van der Waals surface area (Å²) in [6.07, 6.45) is 1.45. The molecule has 3 rings (SSSR count). The van der Waals surface area contributed by atoms with Crippen molar-refractivity contribution >= 4 is 16.9 Å². The molecule has 6 nitrogen and oxygen atoms in total. The number of phenolic OH excluding ortho intramolecular Hbond substituents is 2. The Balaban J connectivity index is 2.09. The maximum absolute atomic E-state index is 13.0. The first-order valence-electron chi connectivity index (χ1n) is 8.25. The zero-order chi connectivity index (χ0) is 18.7. The second kappa shape index (κ2) is 7.31. The quantitative estimate of drug-likeness (QED) is 0.583. The number of carbonyl (C=O) groups is 1. The summed E-state index contributed by atoms with van der Waals surface area (Å²) in [4.78, 5) is 23.7. The van der Waals surface area contributed by atoms with Crippen LogP contribution in [-0.4, -0.2) is 21.3 Å². The van der Waals surface area contributed by atoms with Crippen molar-refractivity contribution in [2.75, 3.05) is 0 Å². The SMILES string of the molecule is O=C(O)CCCCc1oc2cc(O)ccc2c(=O)c1-c1ccc(O)cc1. The fraction of sp³-hybridized carbons (Fsp3) is 0.200. The van der Waals surface area contributed by atoms with E-state index in [1.807, 2.05) is 0 Å². The number of unbranched alkanes of at least 4 members (excludes halogenated alkanes) is 1. The Morgan fingerprint density at radius 1 is 0.962 bits per heavy atom. The van der Waals surface area contributed by atoms with Crippen molar-refractivity contribution in [3.63, 3.8) is 0 Å². The van der Waals surface area contributed by atoms with Gasteiger partial charge < -0.3 is 19.7 Å². The van der Waals surface area contributed by atoms with Gasteiger partial charge in [0.25, 0.3) is 0 Å². The van der Waals surface area contributed by atoms with Gasteiger partial charge in [-0.25, -0.2) is 0 Å². The van der Waals surface area contributed by atoms with E-state index in [0.717, 1.165) is 0 Å². The van der Waals surface area contributed by atoms with Gasteiger partial charge in [0, 0.05) is 18.9 Å². The minimum atomic E-state index is -0.867. The standard InChI is InChI=1S/C20H18O6/c21-13-7-5-12(6-8-13)19-16(3-1-2-4-18(23)24)26-17-11-14(22)9-10-15(17)20(19)25/h5-11,21-22H,1-4H2,(H,23,24). The first-order valence-corrected chi connectivity index (χ1v) is 8.25. The van der Waals surface area contributed by atoms with Crippen LogP contribution in [0.15, 0.2) is 51.7 Å². The van der Waals surface area contributed by atoms with Gasteiger partial charge in [-0.15, -0.1) is 0 Å². The summed E-state index contributed by atoms with van der Waals surface area (Å²) in [6.45, 7) is 0. The van der Waals surface area contributed by atoms with Crippen molar-refractivity contribution in [3.05, 3.63) is 58.4 Å². The summed E-state index contributed by atoms with van der Waals surface area (Å²) in [5.41, 5.74) is 1.05. The smallest absolute Gasteiger partial charge is 0.303 e. The zero-order valence-corrected chi connectivity index (χ0v) is 13.9. The molecule has 3 N–H and O–H groups in total. The van der Waals surface area contributed by atoms with E-state index in [1.54, 1.807) is 12.1 Å². The number of benzene rings is 2. The van der Waals surface area contributed by atoms with Crippen LogP contribution >= 0.6 is 0 Å². The number of carboxylic acid groups (broad SMARTS) is 1. The van der Waals surface area contributed by atoms with Crippen LogP contribution in [0.3, 0.4) is 0 Å². The van der Waals surface area contributed by atoms with Crippen LogP contribution in [0.1, 0.15) is 25.0 Å². The number of carboxylic acids is 1. The average molecular weight is 354 g/mol. The topological polar surface area (TPSA) is 108 Å². The molecule has 3 aromatic rings. The molecule has 0 fully saturated rings. The first-order chi connectivity index (χ1) is 12.5. The predicted molar refractivity (Wildman–Crippen MR) is 96.4 cm³/mol. The van der Waals surface area contributed by atoms with Crippen LogP contribution in [0.4, 0.5) is 0 Å². The minimum Gasteiger partial charge on any atom is -0.508 e. The summed E-state index contributed by atoms with van der Waals surface area (Å²) >= 11 is 0. The molecule has 0 spiro atoms.